The third-order valence-electron chi connectivity index (χ3n) is 2.87. The van der Waals surface area contributed by atoms with Gasteiger partial charge in [-0.3, -0.25) is 4.79 Å². The molecule has 2 rings (SSSR count). The zero-order valence-corrected chi connectivity index (χ0v) is 13.1. The first-order chi connectivity index (χ1) is 9.97. The summed E-state index contributed by atoms with van der Waals surface area (Å²) in [6.45, 7) is 0. The largest absolute Gasteiger partial charge is 0.326 e. The van der Waals surface area contributed by atoms with Gasteiger partial charge in [0.2, 0.25) is 5.91 Å². The summed E-state index contributed by atoms with van der Waals surface area (Å²) in [5.41, 5.74) is 1.17. The summed E-state index contributed by atoms with van der Waals surface area (Å²) < 4.78 is 13.0. The van der Waals surface area contributed by atoms with Crippen molar-refractivity contribution in [1.82, 2.24) is 0 Å². The molecule has 0 unspecified atom stereocenters. The number of benzene rings is 2. The zero-order chi connectivity index (χ0) is 15.4. The van der Waals surface area contributed by atoms with E-state index in [1.165, 1.54) is 18.2 Å². The molecule has 0 saturated carbocycles. The number of hydrogen-bond donors (Lipinski definition) is 1. The molecule has 0 saturated heterocycles. The van der Waals surface area contributed by atoms with E-state index in [4.69, 9.17) is 34.8 Å². The Morgan fingerprint density at radius 3 is 2.33 bits per heavy atom. The highest BCUT2D eigenvalue weighted by Crippen LogP contribution is 2.26. The molecule has 2 aromatic rings. The lowest BCUT2D eigenvalue weighted by atomic mass is 10.1. The van der Waals surface area contributed by atoms with Crippen LogP contribution in [-0.4, -0.2) is 5.91 Å². The van der Waals surface area contributed by atoms with Crippen molar-refractivity contribution in [2.45, 2.75) is 12.8 Å². The summed E-state index contributed by atoms with van der Waals surface area (Å²) >= 11 is 17.7. The maximum Gasteiger partial charge on any atom is 0.224 e. The minimum atomic E-state index is -0.530. The quantitative estimate of drug-likeness (QED) is 0.793. The summed E-state index contributed by atoms with van der Waals surface area (Å²) in [6.07, 6.45) is 0.623. The van der Waals surface area contributed by atoms with Crippen molar-refractivity contribution in [2.24, 2.45) is 0 Å². The number of halogens is 4. The Hall–Kier alpha value is -1.29. The maximum atomic E-state index is 13.0. The fourth-order valence-corrected chi connectivity index (χ4v) is 2.57. The molecule has 1 amide bonds. The van der Waals surface area contributed by atoms with Crippen LogP contribution in [-0.2, 0) is 11.2 Å². The van der Waals surface area contributed by atoms with Crippen molar-refractivity contribution >= 4 is 46.4 Å². The van der Waals surface area contributed by atoms with Crippen LogP contribution in [0.3, 0.4) is 0 Å². The molecule has 0 spiro atoms. The van der Waals surface area contributed by atoms with Gasteiger partial charge in [0.15, 0.2) is 0 Å². The molecule has 0 aliphatic carbocycles. The molecule has 0 radical (unpaired) electrons. The molecule has 0 fully saturated rings. The standard InChI is InChI=1S/C15H11Cl3FNO/c16-11-2-1-3-12(17)10(11)5-7-15(21)20-9-4-6-14(19)13(18)8-9/h1-4,6,8H,5,7H2,(H,20,21). The second-order valence-corrected chi connectivity index (χ2v) is 5.60. The average molecular weight is 347 g/mol. The average Bonchev–Trinajstić information content (AvgIpc) is 2.42. The lowest BCUT2D eigenvalue weighted by Gasteiger charge is -2.08. The van der Waals surface area contributed by atoms with Gasteiger partial charge in [-0.15, -0.1) is 0 Å². The van der Waals surface area contributed by atoms with Gasteiger partial charge in [0.25, 0.3) is 0 Å². The molecule has 21 heavy (non-hydrogen) atoms. The molecule has 0 heterocycles. The van der Waals surface area contributed by atoms with E-state index < -0.39 is 5.82 Å². The lowest BCUT2D eigenvalue weighted by Crippen LogP contribution is -2.12. The Morgan fingerprint density at radius 2 is 1.71 bits per heavy atom. The number of amides is 1. The number of nitrogens with one attached hydrogen (secondary N) is 1. The van der Waals surface area contributed by atoms with Gasteiger partial charge < -0.3 is 5.32 Å². The van der Waals surface area contributed by atoms with Crippen molar-refractivity contribution in [3.63, 3.8) is 0 Å². The lowest BCUT2D eigenvalue weighted by molar-refractivity contribution is -0.116. The number of rotatable bonds is 4. The van der Waals surface area contributed by atoms with Crippen molar-refractivity contribution in [3.05, 3.63) is 62.8 Å². The molecule has 1 N–H and O–H groups in total. The number of hydrogen-bond acceptors (Lipinski definition) is 1. The molecule has 110 valence electrons. The van der Waals surface area contributed by atoms with Crippen LogP contribution in [0.25, 0.3) is 0 Å². The van der Waals surface area contributed by atoms with E-state index in [2.05, 4.69) is 5.32 Å². The van der Waals surface area contributed by atoms with Gasteiger partial charge in [-0.2, -0.15) is 0 Å². The van der Waals surface area contributed by atoms with E-state index >= 15 is 0 Å². The molecule has 2 aromatic carbocycles. The monoisotopic (exact) mass is 345 g/mol. The van der Waals surface area contributed by atoms with Gasteiger partial charge in [0, 0.05) is 22.2 Å². The van der Waals surface area contributed by atoms with Crippen molar-refractivity contribution in [1.29, 1.82) is 0 Å². The Bertz CT molecular complexity index is 656. The van der Waals surface area contributed by atoms with Crippen LogP contribution in [0.4, 0.5) is 10.1 Å². The van der Waals surface area contributed by atoms with Crippen molar-refractivity contribution in [3.8, 4) is 0 Å². The van der Waals surface area contributed by atoms with Gasteiger partial charge in [0.05, 0.1) is 5.02 Å². The number of carbonyl (C=O) groups excluding carboxylic acids is 1. The van der Waals surface area contributed by atoms with E-state index in [1.807, 2.05) is 0 Å². The number of carbonyl (C=O) groups is 1. The minimum Gasteiger partial charge on any atom is -0.326 e. The van der Waals surface area contributed by atoms with Crippen LogP contribution in [0.2, 0.25) is 15.1 Å². The van der Waals surface area contributed by atoms with Crippen LogP contribution in [0.15, 0.2) is 36.4 Å². The fraction of sp³-hybridized carbons (Fsp3) is 0.133. The van der Waals surface area contributed by atoms with E-state index in [1.54, 1.807) is 18.2 Å². The second kappa shape index (κ2) is 7.12. The first kappa shape index (κ1) is 16.1. The normalized spacial score (nSPS) is 10.5. The first-order valence-corrected chi connectivity index (χ1v) is 7.28. The molecule has 0 bridgehead atoms. The second-order valence-electron chi connectivity index (χ2n) is 4.38. The fourth-order valence-electron chi connectivity index (χ4n) is 1.81. The summed E-state index contributed by atoms with van der Waals surface area (Å²) in [6, 6.07) is 9.19. The molecule has 0 aliphatic rings. The Labute approximate surface area is 136 Å². The Kier molecular flexibility index (Phi) is 5.45. The molecule has 0 atom stereocenters. The number of anilines is 1. The molecule has 6 heteroatoms. The molecule has 0 aromatic heterocycles. The van der Waals surface area contributed by atoms with Gasteiger partial charge in [-0.05, 0) is 42.3 Å². The van der Waals surface area contributed by atoms with Crippen molar-refractivity contribution < 1.29 is 9.18 Å². The first-order valence-electron chi connectivity index (χ1n) is 6.15. The minimum absolute atomic E-state index is 0.0399. The third kappa shape index (κ3) is 4.34. The molecule has 2 nitrogen and oxygen atoms in total. The van der Waals surface area contributed by atoms with Gasteiger partial charge in [0.1, 0.15) is 5.82 Å². The van der Waals surface area contributed by atoms with E-state index in [-0.39, 0.29) is 17.4 Å². The Morgan fingerprint density at radius 1 is 1.05 bits per heavy atom. The highest BCUT2D eigenvalue weighted by molar-refractivity contribution is 6.36. The maximum absolute atomic E-state index is 13.0. The van der Waals surface area contributed by atoms with E-state index in [9.17, 15) is 9.18 Å². The Balaban J connectivity index is 1.97. The molecule has 0 aliphatic heterocycles. The van der Waals surface area contributed by atoms with Crippen LogP contribution in [0, 0.1) is 5.82 Å². The van der Waals surface area contributed by atoms with Gasteiger partial charge in [-0.1, -0.05) is 40.9 Å². The third-order valence-corrected chi connectivity index (χ3v) is 3.86. The van der Waals surface area contributed by atoms with Crippen LogP contribution >= 0.6 is 34.8 Å². The van der Waals surface area contributed by atoms with Gasteiger partial charge >= 0.3 is 0 Å². The van der Waals surface area contributed by atoms with Crippen LogP contribution in [0.1, 0.15) is 12.0 Å². The summed E-state index contributed by atoms with van der Waals surface area (Å²) in [7, 11) is 0. The van der Waals surface area contributed by atoms with Crippen LogP contribution in [0.5, 0.6) is 0 Å². The summed E-state index contributed by atoms with van der Waals surface area (Å²) in [5, 5.41) is 3.66. The predicted molar refractivity (Wildman–Crippen MR) is 84.8 cm³/mol. The van der Waals surface area contributed by atoms with E-state index in [0.29, 0.717) is 22.2 Å². The SMILES string of the molecule is O=C(CCc1c(Cl)cccc1Cl)Nc1ccc(F)c(Cl)c1. The van der Waals surface area contributed by atoms with Crippen molar-refractivity contribution in [2.75, 3.05) is 5.32 Å². The summed E-state index contributed by atoms with van der Waals surface area (Å²) in [5.74, 6) is -0.758. The highest BCUT2D eigenvalue weighted by atomic mass is 35.5. The topological polar surface area (TPSA) is 29.1 Å². The zero-order valence-electron chi connectivity index (χ0n) is 10.8. The molecular weight excluding hydrogens is 336 g/mol. The van der Waals surface area contributed by atoms with Gasteiger partial charge in [-0.25, -0.2) is 4.39 Å². The summed E-state index contributed by atoms with van der Waals surface area (Å²) in [4.78, 5) is 11.9. The van der Waals surface area contributed by atoms with E-state index in [0.717, 1.165) is 5.56 Å². The molecular formula is C15H11Cl3FNO. The van der Waals surface area contributed by atoms with Crippen LogP contribution < -0.4 is 5.32 Å². The highest BCUT2D eigenvalue weighted by Gasteiger charge is 2.09. The smallest absolute Gasteiger partial charge is 0.224 e. The predicted octanol–water partition coefficient (Wildman–Crippen LogP) is 5.36.